The summed E-state index contributed by atoms with van der Waals surface area (Å²) in [6.45, 7) is 1.18. The largest absolute Gasteiger partial charge is 0.388 e. The van der Waals surface area contributed by atoms with Crippen molar-refractivity contribution in [2.24, 2.45) is 0 Å². The first kappa shape index (κ1) is 23.5. The Hall–Kier alpha value is -2.67. The van der Waals surface area contributed by atoms with Gasteiger partial charge in [-0.15, -0.1) is 0 Å². The molecule has 0 aromatic heterocycles. The maximum Gasteiger partial charge on any atom is 0.297 e. The zero-order valence-corrected chi connectivity index (χ0v) is 18.6. The Labute approximate surface area is 190 Å². The average Bonchev–Trinajstić information content (AvgIpc) is 3.05. The molecule has 0 spiro atoms. The number of benzene rings is 2. The van der Waals surface area contributed by atoms with Crippen LogP contribution in [-0.2, 0) is 23.8 Å². The Kier molecular flexibility index (Phi) is 6.36. The van der Waals surface area contributed by atoms with Gasteiger partial charge in [-0.05, 0) is 31.2 Å². The van der Waals surface area contributed by atoms with E-state index in [1.54, 1.807) is 31.2 Å². The summed E-state index contributed by atoms with van der Waals surface area (Å²) in [4.78, 5) is 26.4. The minimum Gasteiger partial charge on any atom is -0.388 e. The average molecular weight is 477 g/mol. The van der Waals surface area contributed by atoms with Crippen LogP contribution in [0, 0.1) is 6.92 Å². The maximum absolute atomic E-state index is 12.8. The first-order chi connectivity index (χ1) is 15.7. The number of amides is 2. The highest BCUT2D eigenvalue weighted by Gasteiger charge is 2.53. The zero-order chi connectivity index (χ0) is 23.9. The Morgan fingerprint density at radius 3 is 2.09 bits per heavy atom. The topological polar surface area (TPSA) is 140 Å². The molecule has 176 valence electrons. The molecule has 2 aliphatic heterocycles. The van der Waals surface area contributed by atoms with Gasteiger partial charge in [-0.3, -0.25) is 18.7 Å². The molecule has 2 aliphatic rings. The van der Waals surface area contributed by atoms with E-state index in [0.717, 1.165) is 10.5 Å². The third-order valence-electron chi connectivity index (χ3n) is 5.72. The highest BCUT2D eigenvalue weighted by Crippen LogP contribution is 2.32. The molecular formula is C22H23NO9S. The van der Waals surface area contributed by atoms with Gasteiger partial charge in [0.15, 0.2) is 6.29 Å². The molecular weight excluding hydrogens is 454 g/mol. The van der Waals surface area contributed by atoms with Gasteiger partial charge >= 0.3 is 0 Å². The van der Waals surface area contributed by atoms with E-state index in [0.29, 0.717) is 0 Å². The standard InChI is InChI=1S/C22H23NO9S/c1-12-7-9-13(10-8-12)33(28,29)31-11-16-18(24)19(25)17(22(30-2)32-16)23-20(26)14-5-3-4-6-15(14)21(23)27/h3-10,16-19,22,24-25H,11H2,1-2H3/t16-,17-,18-,19-,22-/m1/s1. The molecule has 1 saturated heterocycles. The van der Waals surface area contributed by atoms with Crippen molar-refractivity contribution in [3.05, 3.63) is 65.2 Å². The molecule has 5 atom stereocenters. The number of hydrogen-bond donors (Lipinski definition) is 2. The van der Waals surface area contributed by atoms with Crippen molar-refractivity contribution >= 4 is 21.9 Å². The van der Waals surface area contributed by atoms with Gasteiger partial charge < -0.3 is 19.7 Å². The second-order valence-electron chi connectivity index (χ2n) is 7.83. The van der Waals surface area contributed by atoms with Crippen LogP contribution in [-0.4, -0.2) is 79.7 Å². The van der Waals surface area contributed by atoms with Gasteiger partial charge in [-0.25, -0.2) is 0 Å². The molecule has 2 N–H and O–H groups in total. The first-order valence-corrected chi connectivity index (χ1v) is 11.5. The number of carbonyl (C=O) groups is 2. The molecule has 2 aromatic rings. The fourth-order valence-electron chi connectivity index (χ4n) is 3.93. The monoisotopic (exact) mass is 477 g/mol. The highest BCUT2D eigenvalue weighted by atomic mass is 32.2. The van der Waals surface area contributed by atoms with Gasteiger partial charge in [-0.1, -0.05) is 29.8 Å². The second-order valence-corrected chi connectivity index (χ2v) is 9.44. The molecule has 2 heterocycles. The summed E-state index contributed by atoms with van der Waals surface area (Å²) >= 11 is 0. The van der Waals surface area contributed by atoms with Gasteiger partial charge in [0.1, 0.15) is 24.4 Å². The Morgan fingerprint density at radius 2 is 1.55 bits per heavy atom. The molecule has 0 aliphatic carbocycles. The molecule has 4 rings (SSSR count). The predicted molar refractivity (Wildman–Crippen MR) is 113 cm³/mol. The number of nitrogens with zero attached hydrogens (tertiary/aromatic N) is 1. The van der Waals surface area contributed by atoms with Crippen LogP contribution in [0.1, 0.15) is 26.3 Å². The number of hydrogen-bond acceptors (Lipinski definition) is 9. The number of fused-ring (bicyclic) bond motifs is 1. The number of aliphatic hydroxyl groups is 2. The lowest BCUT2D eigenvalue weighted by molar-refractivity contribution is -0.270. The molecule has 0 bridgehead atoms. The van der Waals surface area contributed by atoms with Crippen molar-refractivity contribution in [3.63, 3.8) is 0 Å². The maximum atomic E-state index is 12.8. The Morgan fingerprint density at radius 1 is 0.970 bits per heavy atom. The predicted octanol–water partition coefficient (Wildman–Crippen LogP) is 0.458. The zero-order valence-electron chi connectivity index (χ0n) is 17.8. The molecule has 11 heteroatoms. The Bertz CT molecular complexity index is 1130. The lowest BCUT2D eigenvalue weighted by atomic mass is 9.95. The summed E-state index contributed by atoms with van der Waals surface area (Å²) in [5, 5.41) is 21.4. The fourth-order valence-corrected chi connectivity index (χ4v) is 4.85. The molecule has 0 radical (unpaired) electrons. The van der Waals surface area contributed by atoms with E-state index in [1.165, 1.54) is 31.4 Å². The van der Waals surface area contributed by atoms with Crippen LogP contribution < -0.4 is 0 Å². The van der Waals surface area contributed by atoms with Gasteiger partial charge in [0.05, 0.1) is 22.6 Å². The van der Waals surface area contributed by atoms with Crippen LogP contribution in [0.5, 0.6) is 0 Å². The summed E-state index contributed by atoms with van der Waals surface area (Å²) < 4.78 is 40.8. The first-order valence-electron chi connectivity index (χ1n) is 10.1. The SMILES string of the molecule is CO[C@@H]1O[C@H](COS(=O)(=O)c2ccc(C)cc2)[C@@H](O)[C@H](O)[C@H]1N1C(=O)c2ccccc2C1=O. The van der Waals surface area contributed by atoms with E-state index in [1.807, 2.05) is 0 Å². The number of rotatable bonds is 6. The molecule has 33 heavy (non-hydrogen) atoms. The van der Waals surface area contributed by atoms with E-state index in [4.69, 9.17) is 13.7 Å². The Balaban J connectivity index is 1.52. The summed E-state index contributed by atoms with van der Waals surface area (Å²) in [5.74, 6) is -1.32. The third kappa shape index (κ3) is 4.19. The van der Waals surface area contributed by atoms with Crippen molar-refractivity contribution < 1.29 is 41.9 Å². The van der Waals surface area contributed by atoms with Crippen LogP contribution >= 0.6 is 0 Å². The lowest BCUT2D eigenvalue weighted by Gasteiger charge is -2.44. The number of aryl methyl sites for hydroxylation is 1. The molecule has 0 saturated carbocycles. The van der Waals surface area contributed by atoms with Crippen LogP contribution in [0.2, 0.25) is 0 Å². The smallest absolute Gasteiger partial charge is 0.297 e. The molecule has 2 aromatic carbocycles. The van der Waals surface area contributed by atoms with Crippen molar-refractivity contribution in [2.75, 3.05) is 13.7 Å². The van der Waals surface area contributed by atoms with Crippen molar-refractivity contribution in [2.45, 2.75) is 42.5 Å². The second kappa shape index (κ2) is 8.93. The molecule has 2 amide bonds. The van der Waals surface area contributed by atoms with Crippen molar-refractivity contribution in [3.8, 4) is 0 Å². The summed E-state index contributed by atoms with van der Waals surface area (Å²) in [6.07, 6.45) is -5.99. The van der Waals surface area contributed by atoms with Crippen molar-refractivity contribution in [1.82, 2.24) is 4.90 Å². The third-order valence-corrected chi connectivity index (χ3v) is 7.02. The normalized spacial score (nSPS) is 27.6. The van der Waals surface area contributed by atoms with Crippen LogP contribution in [0.4, 0.5) is 0 Å². The van der Waals surface area contributed by atoms with Crippen LogP contribution in [0.15, 0.2) is 53.4 Å². The number of imide groups is 1. The summed E-state index contributed by atoms with van der Waals surface area (Å²) in [6, 6.07) is 10.8. The molecule has 1 fully saturated rings. The minimum atomic E-state index is -4.16. The van der Waals surface area contributed by atoms with Crippen molar-refractivity contribution in [1.29, 1.82) is 0 Å². The molecule has 0 unspecified atom stereocenters. The summed E-state index contributed by atoms with van der Waals surface area (Å²) in [5.41, 5.74) is 1.19. The lowest BCUT2D eigenvalue weighted by Crippen LogP contribution is -2.65. The quantitative estimate of drug-likeness (QED) is 0.448. The van der Waals surface area contributed by atoms with Crippen LogP contribution in [0.3, 0.4) is 0 Å². The van der Waals surface area contributed by atoms with Gasteiger partial charge in [0.25, 0.3) is 21.9 Å². The van der Waals surface area contributed by atoms with Gasteiger partial charge in [0.2, 0.25) is 0 Å². The minimum absolute atomic E-state index is 0.0776. The van der Waals surface area contributed by atoms with E-state index >= 15 is 0 Å². The van der Waals surface area contributed by atoms with Gasteiger partial charge in [0, 0.05) is 7.11 Å². The van der Waals surface area contributed by atoms with Gasteiger partial charge in [-0.2, -0.15) is 8.42 Å². The van der Waals surface area contributed by atoms with Crippen LogP contribution in [0.25, 0.3) is 0 Å². The number of aliphatic hydroxyl groups excluding tert-OH is 2. The summed E-state index contributed by atoms with van der Waals surface area (Å²) in [7, 11) is -2.92. The fraction of sp³-hybridized carbons (Fsp3) is 0.364. The van der Waals surface area contributed by atoms with E-state index < -0.39 is 59.2 Å². The number of carbonyl (C=O) groups excluding carboxylic acids is 2. The molecule has 10 nitrogen and oxygen atoms in total. The van der Waals surface area contributed by atoms with E-state index in [9.17, 15) is 28.2 Å². The van der Waals surface area contributed by atoms with E-state index in [2.05, 4.69) is 0 Å². The number of ether oxygens (including phenoxy) is 2. The number of methoxy groups -OCH3 is 1. The van der Waals surface area contributed by atoms with E-state index in [-0.39, 0.29) is 16.0 Å². The highest BCUT2D eigenvalue weighted by molar-refractivity contribution is 7.86.